The van der Waals surface area contributed by atoms with Gasteiger partial charge in [0, 0.05) is 31.6 Å². The summed E-state index contributed by atoms with van der Waals surface area (Å²) in [5.74, 6) is -0.457. The van der Waals surface area contributed by atoms with Gasteiger partial charge in [-0.2, -0.15) is 0 Å². The van der Waals surface area contributed by atoms with E-state index in [0.29, 0.717) is 12.6 Å². The molecule has 0 heterocycles. The van der Waals surface area contributed by atoms with Gasteiger partial charge in [-0.05, 0) is 37.5 Å². The van der Waals surface area contributed by atoms with Crippen molar-refractivity contribution < 1.29 is 13.2 Å². The van der Waals surface area contributed by atoms with E-state index in [0.717, 1.165) is 11.8 Å². The molecule has 0 saturated heterocycles. The Morgan fingerprint density at radius 2 is 1.79 bits per heavy atom. The molecule has 1 amide bonds. The van der Waals surface area contributed by atoms with Crippen LogP contribution in [0.3, 0.4) is 0 Å². The van der Waals surface area contributed by atoms with Crippen molar-refractivity contribution in [2.75, 3.05) is 18.2 Å². The number of carbonyl (C=O) groups excluding carboxylic acids is 1. The number of nitrogens with one attached hydrogen (secondary N) is 1. The lowest BCUT2D eigenvalue weighted by Crippen LogP contribution is -2.37. The van der Waals surface area contributed by atoms with Gasteiger partial charge in [0.05, 0.1) is 0 Å². The lowest BCUT2D eigenvalue weighted by Gasteiger charge is -2.33. The molecule has 1 N–H and O–H groups in total. The first kappa shape index (κ1) is 18.8. The van der Waals surface area contributed by atoms with Crippen LogP contribution in [0.2, 0.25) is 0 Å². The quantitative estimate of drug-likeness (QED) is 0.854. The molecule has 1 atom stereocenters. The van der Waals surface area contributed by atoms with Crippen molar-refractivity contribution in [2.45, 2.75) is 56.9 Å². The molecular weight excluding hydrogens is 324 g/mol. The highest BCUT2D eigenvalue weighted by Crippen LogP contribution is 2.26. The number of amides is 1. The fraction of sp³-hybridized carbons (Fsp3) is 0.611. The molecule has 2 rings (SSSR count). The van der Waals surface area contributed by atoms with Crippen LogP contribution in [-0.2, 0) is 21.2 Å². The van der Waals surface area contributed by atoms with Crippen LogP contribution in [0.15, 0.2) is 24.3 Å². The molecule has 0 bridgehead atoms. The van der Waals surface area contributed by atoms with Crippen molar-refractivity contribution in [3.63, 3.8) is 0 Å². The van der Waals surface area contributed by atoms with Crippen molar-refractivity contribution >= 4 is 21.4 Å². The first-order valence-corrected chi connectivity index (χ1v) is 10.5. The minimum Gasteiger partial charge on any atom is -0.372 e. The largest absolute Gasteiger partial charge is 0.372 e. The second-order valence-corrected chi connectivity index (χ2v) is 9.12. The maximum absolute atomic E-state index is 11.8. The summed E-state index contributed by atoms with van der Waals surface area (Å²) in [7, 11) is -1.22. The zero-order chi connectivity index (χ0) is 17.7. The van der Waals surface area contributed by atoms with Crippen LogP contribution >= 0.6 is 0 Å². The van der Waals surface area contributed by atoms with Crippen molar-refractivity contribution in [3.8, 4) is 0 Å². The Balaban J connectivity index is 1.91. The molecular formula is C18H28N2O3S. The summed E-state index contributed by atoms with van der Waals surface area (Å²) in [4.78, 5) is 14.2. The molecule has 0 radical (unpaired) electrons. The molecule has 1 fully saturated rings. The van der Waals surface area contributed by atoms with Gasteiger partial charge in [-0.25, -0.2) is 8.42 Å². The normalized spacial score (nSPS) is 17.3. The first-order valence-electron chi connectivity index (χ1n) is 8.57. The van der Waals surface area contributed by atoms with Gasteiger partial charge in [0.2, 0.25) is 5.91 Å². The Hall–Kier alpha value is -1.56. The molecule has 1 saturated carbocycles. The van der Waals surface area contributed by atoms with Crippen molar-refractivity contribution in [3.05, 3.63) is 29.8 Å². The monoisotopic (exact) mass is 352 g/mol. The standard InChI is InChI=1S/C18H28N2O3S/c1-14(24(3,22)23)18(21)19-13-15-9-11-17(12-10-15)20(2)16-7-5-4-6-8-16/h9-12,14,16H,4-8,13H2,1-3H3,(H,19,21)/t14-/m0/s1. The van der Waals surface area contributed by atoms with Crippen LogP contribution in [-0.4, -0.2) is 38.9 Å². The third-order valence-electron chi connectivity index (χ3n) is 4.94. The minimum absolute atomic E-state index is 0.339. The highest BCUT2D eigenvalue weighted by atomic mass is 32.2. The van der Waals surface area contributed by atoms with Crippen LogP contribution in [0.1, 0.15) is 44.6 Å². The van der Waals surface area contributed by atoms with Crippen LogP contribution in [0.4, 0.5) is 5.69 Å². The van der Waals surface area contributed by atoms with E-state index in [4.69, 9.17) is 0 Å². The van der Waals surface area contributed by atoms with Crippen LogP contribution in [0.25, 0.3) is 0 Å². The van der Waals surface area contributed by atoms with Gasteiger partial charge in [-0.1, -0.05) is 31.4 Å². The van der Waals surface area contributed by atoms with E-state index in [2.05, 4.69) is 29.4 Å². The van der Waals surface area contributed by atoms with E-state index in [1.165, 1.54) is 44.7 Å². The topological polar surface area (TPSA) is 66.5 Å². The fourth-order valence-electron chi connectivity index (χ4n) is 3.06. The van der Waals surface area contributed by atoms with E-state index in [9.17, 15) is 13.2 Å². The number of hydrogen-bond acceptors (Lipinski definition) is 4. The minimum atomic E-state index is -3.36. The number of nitrogens with zero attached hydrogens (tertiary/aromatic N) is 1. The van der Waals surface area contributed by atoms with Crippen molar-refractivity contribution in [1.29, 1.82) is 0 Å². The Bertz CT molecular complexity index is 649. The second kappa shape index (κ2) is 8.01. The Morgan fingerprint density at radius 3 is 2.33 bits per heavy atom. The SMILES string of the molecule is C[C@@H](C(=O)NCc1ccc(N(C)C2CCCCC2)cc1)S(C)(=O)=O. The van der Waals surface area contributed by atoms with Gasteiger partial charge >= 0.3 is 0 Å². The highest BCUT2D eigenvalue weighted by molar-refractivity contribution is 7.92. The molecule has 1 aliphatic rings. The Morgan fingerprint density at radius 1 is 1.21 bits per heavy atom. The molecule has 24 heavy (non-hydrogen) atoms. The molecule has 134 valence electrons. The number of carbonyl (C=O) groups is 1. The predicted molar refractivity (Wildman–Crippen MR) is 97.9 cm³/mol. The van der Waals surface area contributed by atoms with E-state index in [1.54, 1.807) is 0 Å². The molecule has 5 nitrogen and oxygen atoms in total. The summed E-state index contributed by atoms with van der Waals surface area (Å²) in [6.45, 7) is 1.75. The maximum Gasteiger partial charge on any atom is 0.238 e. The summed E-state index contributed by atoms with van der Waals surface area (Å²) in [6.07, 6.45) is 7.52. The summed E-state index contributed by atoms with van der Waals surface area (Å²) < 4.78 is 22.8. The summed E-state index contributed by atoms with van der Waals surface area (Å²) in [5.41, 5.74) is 2.14. The molecule has 1 aromatic rings. The zero-order valence-corrected chi connectivity index (χ0v) is 15.6. The zero-order valence-electron chi connectivity index (χ0n) is 14.8. The third-order valence-corrected chi connectivity index (χ3v) is 6.44. The fourth-order valence-corrected chi connectivity index (χ4v) is 3.53. The number of benzene rings is 1. The molecule has 6 heteroatoms. The predicted octanol–water partition coefficient (Wildman–Crippen LogP) is 2.50. The van der Waals surface area contributed by atoms with Gasteiger partial charge in [0.1, 0.15) is 5.25 Å². The smallest absolute Gasteiger partial charge is 0.238 e. The van der Waals surface area contributed by atoms with Gasteiger partial charge in [-0.3, -0.25) is 4.79 Å². The van der Waals surface area contributed by atoms with Gasteiger partial charge in [0.25, 0.3) is 0 Å². The van der Waals surface area contributed by atoms with Gasteiger partial charge < -0.3 is 10.2 Å². The molecule has 1 aromatic carbocycles. The van der Waals surface area contributed by atoms with E-state index in [-0.39, 0.29) is 0 Å². The molecule has 0 spiro atoms. The molecule has 0 unspecified atom stereocenters. The number of rotatable bonds is 6. The van der Waals surface area contributed by atoms with E-state index < -0.39 is 21.0 Å². The Labute approximate surface area is 145 Å². The number of sulfone groups is 1. The highest BCUT2D eigenvalue weighted by Gasteiger charge is 2.23. The summed E-state index contributed by atoms with van der Waals surface area (Å²) >= 11 is 0. The molecule has 0 aromatic heterocycles. The van der Waals surface area contributed by atoms with Gasteiger partial charge in [0.15, 0.2) is 9.84 Å². The third kappa shape index (κ3) is 4.97. The average Bonchev–Trinajstić information content (AvgIpc) is 2.58. The number of anilines is 1. The lowest BCUT2D eigenvalue weighted by molar-refractivity contribution is -0.120. The van der Waals surface area contributed by atoms with Crippen LogP contribution in [0, 0.1) is 0 Å². The van der Waals surface area contributed by atoms with Crippen molar-refractivity contribution in [1.82, 2.24) is 5.32 Å². The first-order chi connectivity index (χ1) is 11.3. The van der Waals surface area contributed by atoms with E-state index >= 15 is 0 Å². The van der Waals surface area contributed by atoms with Gasteiger partial charge in [-0.15, -0.1) is 0 Å². The summed E-state index contributed by atoms with van der Waals surface area (Å²) in [5, 5.41) is 1.67. The van der Waals surface area contributed by atoms with E-state index in [1.807, 2.05) is 12.1 Å². The molecule has 0 aliphatic heterocycles. The number of hydrogen-bond donors (Lipinski definition) is 1. The second-order valence-electron chi connectivity index (χ2n) is 6.76. The van der Waals surface area contributed by atoms with Crippen molar-refractivity contribution in [2.24, 2.45) is 0 Å². The van der Waals surface area contributed by atoms with Crippen LogP contribution < -0.4 is 10.2 Å². The molecule has 1 aliphatic carbocycles. The Kier molecular flexibility index (Phi) is 6.27. The lowest BCUT2D eigenvalue weighted by atomic mass is 9.94. The summed E-state index contributed by atoms with van der Waals surface area (Å²) in [6, 6.07) is 8.71. The maximum atomic E-state index is 11.8. The average molecular weight is 352 g/mol. The van der Waals surface area contributed by atoms with Crippen LogP contribution in [0.5, 0.6) is 0 Å².